The number of carbonyl (C=O) groups is 1. The molecule has 0 radical (unpaired) electrons. The molecule has 0 saturated carbocycles. The molecule has 25 heavy (non-hydrogen) atoms. The molecule has 140 valence electrons. The van der Waals surface area contributed by atoms with Crippen molar-refractivity contribution < 1.29 is 19.7 Å². The van der Waals surface area contributed by atoms with Crippen molar-refractivity contribution in [2.75, 3.05) is 7.11 Å². The summed E-state index contributed by atoms with van der Waals surface area (Å²) in [5, 5.41) is 19.4. The van der Waals surface area contributed by atoms with Crippen LogP contribution in [0.1, 0.15) is 58.3 Å². The van der Waals surface area contributed by atoms with Gasteiger partial charge in [0, 0.05) is 6.42 Å². The summed E-state index contributed by atoms with van der Waals surface area (Å²) >= 11 is 0. The van der Waals surface area contributed by atoms with Crippen LogP contribution in [-0.2, 0) is 9.53 Å². The van der Waals surface area contributed by atoms with Crippen LogP contribution < -0.4 is 0 Å². The molecule has 0 aromatic carbocycles. The summed E-state index contributed by atoms with van der Waals surface area (Å²) in [4.78, 5) is 10.9. The number of hydrogen-bond donors (Lipinski definition) is 2. The molecule has 0 aliphatic carbocycles. The van der Waals surface area contributed by atoms with Gasteiger partial charge in [-0.2, -0.15) is 0 Å². The fourth-order valence-electron chi connectivity index (χ4n) is 2.00. The first-order chi connectivity index (χ1) is 12.1. The fourth-order valence-corrected chi connectivity index (χ4v) is 2.00. The summed E-state index contributed by atoms with van der Waals surface area (Å²) in [7, 11) is 1.34. The SMILES string of the molecule is CCCCC/C=C\C[C@@H](O)/C=C/C=C/C#C[C@@H](O)CCCC(=O)OC. The lowest BCUT2D eigenvalue weighted by atomic mass is 10.1. The zero-order valence-electron chi connectivity index (χ0n) is 15.5. The fraction of sp³-hybridized carbons (Fsp3) is 0.571. The van der Waals surface area contributed by atoms with Gasteiger partial charge in [-0.3, -0.25) is 4.79 Å². The second kappa shape index (κ2) is 17.0. The van der Waals surface area contributed by atoms with E-state index in [0.29, 0.717) is 25.7 Å². The molecule has 0 spiro atoms. The maximum absolute atomic E-state index is 10.9. The molecule has 0 bridgehead atoms. The topological polar surface area (TPSA) is 66.8 Å². The first kappa shape index (κ1) is 23.2. The molecule has 2 atom stereocenters. The van der Waals surface area contributed by atoms with Gasteiger partial charge in [-0.15, -0.1) is 0 Å². The molecular formula is C21H32O4. The van der Waals surface area contributed by atoms with E-state index in [1.165, 1.54) is 26.4 Å². The van der Waals surface area contributed by atoms with Crippen LogP contribution in [0.25, 0.3) is 0 Å². The quantitative estimate of drug-likeness (QED) is 0.186. The number of aliphatic hydroxyl groups excluding tert-OH is 2. The Morgan fingerprint density at radius 2 is 1.96 bits per heavy atom. The zero-order valence-corrected chi connectivity index (χ0v) is 15.5. The van der Waals surface area contributed by atoms with Crippen LogP contribution in [0.5, 0.6) is 0 Å². The highest BCUT2D eigenvalue weighted by atomic mass is 16.5. The van der Waals surface area contributed by atoms with Crippen molar-refractivity contribution in [3.63, 3.8) is 0 Å². The Hall–Kier alpha value is -1.83. The Morgan fingerprint density at radius 3 is 2.68 bits per heavy atom. The smallest absolute Gasteiger partial charge is 0.305 e. The number of ether oxygens (including phenoxy) is 1. The van der Waals surface area contributed by atoms with Crippen LogP contribution in [0, 0.1) is 11.8 Å². The summed E-state index contributed by atoms with van der Waals surface area (Å²) in [5.74, 6) is 5.14. The van der Waals surface area contributed by atoms with Crippen molar-refractivity contribution in [3.8, 4) is 11.8 Å². The van der Waals surface area contributed by atoms with Gasteiger partial charge in [-0.25, -0.2) is 0 Å². The average molecular weight is 348 g/mol. The van der Waals surface area contributed by atoms with Gasteiger partial charge < -0.3 is 14.9 Å². The Kier molecular flexibility index (Phi) is 15.8. The molecule has 0 unspecified atom stereocenters. The number of rotatable bonds is 12. The maximum Gasteiger partial charge on any atom is 0.305 e. The lowest BCUT2D eigenvalue weighted by Gasteiger charge is -2.01. The third kappa shape index (κ3) is 16.8. The molecule has 0 heterocycles. The number of aliphatic hydroxyl groups is 2. The van der Waals surface area contributed by atoms with Crippen molar-refractivity contribution in [1.82, 2.24) is 0 Å². The van der Waals surface area contributed by atoms with Crippen LogP contribution >= 0.6 is 0 Å². The van der Waals surface area contributed by atoms with Crippen molar-refractivity contribution in [2.24, 2.45) is 0 Å². The van der Waals surface area contributed by atoms with Crippen LogP contribution in [0.3, 0.4) is 0 Å². The highest BCUT2D eigenvalue weighted by molar-refractivity contribution is 5.68. The van der Waals surface area contributed by atoms with E-state index in [4.69, 9.17) is 0 Å². The number of unbranched alkanes of at least 4 members (excludes halogenated alkanes) is 3. The highest BCUT2D eigenvalue weighted by Gasteiger charge is 2.03. The monoisotopic (exact) mass is 348 g/mol. The van der Waals surface area contributed by atoms with Crippen LogP contribution in [0.2, 0.25) is 0 Å². The van der Waals surface area contributed by atoms with Gasteiger partial charge in [-0.05, 0) is 38.2 Å². The van der Waals surface area contributed by atoms with E-state index in [1.807, 2.05) is 6.08 Å². The molecule has 4 heteroatoms. The molecule has 0 aliphatic rings. The molecular weight excluding hydrogens is 316 g/mol. The van der Waals surface area contributed by atoms with Gasteiger partial charge >= 0.3 is 5.97 Å². The van der Waals surface area contributed by atoms with E-state index in [2.05, 4.69) is 29.6 Å². The Morgan fingerprint density at radius 1 is 1.16 bits per heavy atom. The molecule has 0 fully saturated rings. The van der Waals surface area contributed by atoms with Crippen molar-refractivity contribution >= 4 is 5.97 Å². The summed E-state index contributed by atoms with van der Waals surface area (Å²) in [5.41, 5.74) is 0. The van der Waals surface area contributed by atoms with Gasteiger partial charge in [0.05, 0.1) is 13.2 Å². The summed E-state index contributed by atoms with van der Waals surface area (Å²) in [6, 6.07) is 0. The normalized spacial score (nSPS) is 13.9. The first-order valence-electron chi connectivity index (χ1n) is 9.02. The molecule has 0 amide bonds. The minimum absolute atomic E-state index is 0.278. The zero-order chi connectivity index (χ0) is 18.8. The van der Waals surface area contributed by atoms with E-state index in [0.717, 1.165) is 6.42 Å². The maximum atomic E-state index is 10.9. The van der Waals surface area contributed by atoms with Crippen molar-refractivity contribution in [2.45, 2.75) is 70.5 Å². The van der Waals surface area contributed by atoms with Gasteiger partial charge in [0.15, 0.2) is 0 Å². The second-order valence-electron chi connectivity index (χ2n) is 5.79. The number of esters is 1. The van der Waals surface area contributed by atoms with Gasteiger partial charge in [0.1, 0.15) is 6.10 Å². The molecule has 0 saturated heterocycles. The van der Waals surface area contributed by atoms with E-state index in [9.17, 15) is 15.0 Å². The lowest BCUT2D eigenvalue weighted by molar-refractivity contribution is -0.140. The molecule has 0 aliphatic heterocycles. The average Bonchev–Trinajstić information content (AvgIpc) is 2.60. The Labute approximate surface area is 152 Å². The van der Waals surface area contributed by atoms with Crippen molar-refractivity contribution in [1.29, 1.82) is 0 Å². The van der Waals surface area contributed by atoms with E-state index in [1.54, 1.807) is 24.3 Å². The van der Waals surface area contributed by atoms with E-state index in [-0.39, 0.29) is 5.97 Å². The summed E-state index contributed by atoms with van der Waals surface area (Å²) in [6.45, 7) is 2.18. The van der Waals surface area contributed by atoms with Crippen LogP contribution in [0.4, 0.5) is 0 Å². The molecule has 4 nitrogen and oxygen atoms in total. The minimum Gasteiger partial charge on any atom is -0.469 e. The van der Waals surface area contributed by atoms with E-state index < -0.39 is 12.2 Å². The van der Waals surface area contributed by atoms with Gasteiger partial charge in [-0.1, -0.05) is 62.0 Å². The number of carbonyl (C=O) groups excluding carboxylic acids is 1. The first-order valence-corrected chi connectivity index (χ1v) is 9.02. The van der Waals surface area contributed by atoms with Gasteiger partial charge in [0.2, 0.25) is 0 Å². The Bertz CT molecular complexity index is 480. The van der Waals surface area contributed by atoms with Crippen molar-refractivity contribution in [3.05, 3.63) is 36.5 Å². The predicted molar refractivity (Wildman–Crippen MR) is 102 cm³/mol. The molecule has 0 rings (SSSR count). The third-order valence-electron chi connectivity index (χ3n) is 3.48. The Balaban J connectivity index is 3.88. The summed E-state index contributed by atoms with van der Waals surface area (Å²) < 4.78 is 4.52. The molecule has 2 N–H and O–H groups in total. The van der Waals surface area contributed by atoms with Gasteiger partial charge in [0.25, 0.3) is 0 Å². The molecule has 0 aromatic heterocycles. The molecule has 0 aromatic rings. The lowest BCUT2D eigenvalue weighted by Crippen LogP contribution is -2.05. The van der Waals surface area contributed by atoms with Crippen LogP contribution in [0.15, 0.2) is 36.5 Å². The highest BCUT2D eigenvalue weighted by Crippen LogP contribution is 2.02. The second-order valence-corrected chi connectivity index (χ2v) is 5.79. The third-order valence-corrected chi connectivity index (χ3v) is 3.48. The van der Waals surface area contributed by atoms with Crippen LogP contribution in [-0.4, -0.2) is 35.5 Å². The number of allylic oxidation sites excluding steroid dienone is 4. The van der Waals surface area contributed by atoms with E-state index >= 15 is 0 Å². The number of hydrogen-bond acceptors (Lipinski definition) is 4. The number of methoxy groups -OCH3 is 1. The largest absolute Gasteiger partial charge is 0.469 e. The summed E-state index contributed by atoms with van der Waals surface area (Å²) in [6.07, 6.45) is 16.3. The minimum atomic E-state index is -0.748. The standard InChI is InChI=1S/C21H32O4/c1-3-4-5-6-7-10-14-19(22)15-11-8-9-12-16-20(23)17-13-18-21(24)25-2/h7-11,15,19-20,22-23H,3-6,13-14,17-18H2,1-2H3/b9-8+,10-7-,15-11+/t19-,20-/m1/s1. The predicted octanol–water partition coefficient (Wildman–Crippen LogP) is 3.69.